The van der Waals surface area contributed by atoms with E-state index in [-0.39, 0.29) is 41.9 Å². The largest absolute Gasteiger partial charge is 0.333 e. The van der Waals surface area contributed by atoms with E-state index in [1.165, 1.54) is 18.3 Å². The average molecular weight is 397 g/mol. The molecule has 4 heterocycles. The molecule has 3 saturated heterocycles. The fourth-order valence-corrected chi connectivity index (χ4v) is 5.79. The maximum Gasteiger partial charge on any atom is 0.254 e. The van der Waals surface area contributed by atoms with Gasteiger partial charge in [0.15, 0.2) is 0 Å². The quantitative estimate of drug-likeness (QED) is 0.778. The second-order valence-corrected chi connectivity index (χ2v) is 8.91. The van der Waals surface area contributed by atoms with E-state index in [1.807, 2.05) is 4.90 Å². The van der Waals surface area contributed by atoms with Crippen LogP contribution in [0.5, 0.6) is 0 Å². The van der Waals surface area contributed by atoms with Crippen LogP contribution in [0.1, 0.15) is 48.9 Å². The lowest BCUT2D eigenvalue weighted by molar-refractivity contribution is -0.135. The maximum atomic E-state index is 13.4. The van der Waals surface area contributed by atoms with Gasteiger partial charge in [-0.25, -0.2) is 4.98 Å². The molecule has 1 aromatic heterocycles. The van der Waals surface area contributed by atoms with Gasteiger partial charge in [-0.3, -0.25) is 9.59 Å². The van der Waals surface area contributed by atoms with Crippen molar-refractivity contribution in [2.45, 2.75) is 68.7 Å². The SMILES string of the molecule is N#CC1CC2CC2N1C(=O)[C@@H](N)C1CC2CC[C@@H](C1)N2C(=O)c1ccnc(F)c1. The third kappa shape index (κ3) is 2.99. The van der Waals surface area contributed by atoms with Crippen LogP contribution in [0.4, 0.5) is 4.39 Å². The monoisotopic (exact) mass is 397 g/mol. The molecule has 5 rings (SSSR count). The van der Waals surface area contributed by atoms with Crippen molar-refractivity contribution in [3.63, 3.8) is 0 Å². The lowest BCUT2D eigenvalue weighted by Gasteiger charge is -2.41. The minimum absolute atomic E-state index is 0.00429. The van der Waals surface area contributed by atoms with Gasteiger partial charge in [-0.1, -0.05) is 0 Å². The van der Waals surface area contributed by atoms with Crippen LogP contribution in [0.15, 0.2) is 18.3 Å². The number of nitriles is 1. The van der Waals surface area contributed by atoms with E-state index >= 15 is 0 Å². The number of aromatic nitrogens is 1. The highest BCUT2D eigenvalue weighted by atomic mass is 19.1. The molecule has 1 aromatic rings. The fourth-order valence-electron chi connectivity index (χ4n) is 5.79. The smallest absolute Gasteiger partial charge is 0.254 e. The normalized spacial score (nSPS) is 35.8. The van der Waals surface area contributed by atoms with Crippen LogP contribution in [0.25, 0.3) is 0 Å². The Hall–Kier alpha value is -2.53. The standard InChI is InChI=1S/C21H24FN5O2/c22-18-9-11(3-4-25-18)20(28)26-14-1-2-15(26)7-13(6-14)19(24)21(29)27-16(10-23)5-12-8-17(12)27/h3-4,9,12-17,19H,1-2,5-8,24H2/t12?,13?,14-,15?,16?,17?,19-/m0/s1. The summed E-state index contributed by atoms with van der Waals surface area (Å²) in [6.45, 7) is 0. The Morgan fingerprint density at radius 1 is 1.21 bits per heavy atom. The van der Waals surface area contributed by atoms with Crippen LogP contribution < -0.4 is 5.73 Å². The Morgan fingerprint density at radius 3 is 2.59 bits per heavy atom. The number of halogens is 1. The molecule has 4 fully saturated rings. The maximum absolute atomic E-state index is 13.4. The first kappa shape index (κ1) is 18.5. The van der Waals surface area contributed by atoms with Crippen molar-refractivity contribution in [3.8, 4) is 6.07 Å². The van der Waals surface area contributed by atoms with E-state index in [2.05, 4.69) is 11.1 Å². The fraction of sp³-hybridized carbons (Fsp3) is 0.619. The topological polar surface area (TPSA) is 103 Å². The molecule has 1 aliphatic carbocycles. The van der Waals surface area contributed by atoms with E-state index in [1.54, 1.807) is 4.90 Å². The molecule has 152 valence electrons. The zero-order chi connectivity index (χ0) is 20.3. The van der Waals surface area contributed by atoms with Crippen LogP contribution in [-0.2, 0) is 4.79 Å². The first-order chi connectivity index (χ1) is 14.0. The number of carbonyl (C=O) groups is 2. The predicted octanol–water partition coefficient (Wildman–Crippen LogP) is 1.44. The van der Waals surface area contributed by atoms with Gasteiger partial charge in [0, 0.05) is 36.0 Å². The first-order valence-corrected chi connectivity index (χ1v) is 10.4. The van der Waals surface area contributed by atoms with Gasteiger partial charge < -0.3 is 15.5 Å². The summed E-state index contributed by atoms with van der Waals surface area (Å²) in [5.74, 6) is -0.492. The van der Waals surface area contributed by atoms with Crippen molar-refractivity contribution >= 4 is 11.8 Å². The van der Waals surface area contributed by atoms with E-state index < -0.39 is 12.0 Å². The summed E-state index contributed by atoms with van der Waals surface area (Å²) >= 11 is 0. The predicted molar refractivity (Wildman–Crippen MR) is 101 cm³/mol. The van der Waals surface area contributed by atoms with E-state index in [0.29, 0.717) is 24.3 Å². The summed E-state index contributed by atoms with van der Waals surface area (Å²) in [6, 6.07) is 4.19. The van der Waals surface area contributed by atoms with Crippen LogP contribution >= 0.6 is 0 Å². The molecule has 3 aliphatic heterocycles. The first-order valence-electron chi connectivity index (χ1n) is 10.4. The van der Waals surface area contributed by atoms with Gasteiger partial charge in [-0.2, -0.15) is 9.65 Å². The molecular weight excluding hydrogens is 373 g/mol. The van der Waals surface area contributed by atoms with Gasteiger partial charge in [0.2, 0.25) is 11.9 Å². The summed E-state index contributed by atoms with van der Waals surface area (Å²) in [4.78, 5) is 33.1. The van der Waals surface area contributed by atoms with E-state index in [4.69, 9.17) is 5.73 Å². The molecule has 4 aliphatic rings. The van der Waals surface area contributed by atoms with Crippen molar-refractivity contribution in [1.82, 2.24) is 14.8 Å². The van der Waals surface area contributed by atoms with Gasteiger partial charge in [-0.05, 0) is 56.4 Å². The summed E-state index contributed by atoms with van der Waals surface area (Å²) in [5, 5.41) is 9.37. The minimum atomic E-state index is -0.665. The Kier molecular flexibility index (Phi) is 4.32. The van der Waals surface area contributed by atoms with Crippen LogP contribution in [-0.4, -0.2) is 56.8 Å². The number of nitrogens with two attached hydrogens (primary N) is 1. The number of carbonyl (C=O) groups excluding carboxylic acids is 2. The average Bonchev–Trinajstić information content (AvgIpc) is 3.31. The molecule has 1 saturated carbocycles. The highest BCUT2D eigenvalue weighted by Gasteiger charge is 2.56. The summed E-state index contributed by atoms with van der Waals surface area (Å²) in [7, 11) is 0. The second kappa shape index (κ2) is 6.77. The molecule has 7 atom stereocenters. The summed E-state index contributed by atoms with van der Waals surface area (Å²) < 4.78 is 13.4. The summed E-state index contributed by atoms with van der Waals surface area (Å²) in [6.07, 6.45) is 6.13. The Labute approximate surface area is 168 Å². The number of likely N-dealkylation sites (tertiary alicyclic amines) is 1. The second-order valence-electron chi connectivity index (χ2n) is 8.91. The molecule has 0 radical (unpaired) electrons. The van der Waals surface area contributed by atoms with Crippen LogP contribution in [0.2, 0.25) is 0 Å². The molecule has 29 heavy (non-hydrogen) atoms. The highest BCUT2D eigenvalue weighted by molar-refractivity contribution is 5.95. The molecule has 2 N–H and O–H groups in total. The van der Waals surface area contributed by atoms with E-state index in [9.17, 15) is 19.2 Å². The molecule has 8 heteroatoms. The van der Waals surface area contributed by atoms with Gasteiger partial charge >= 0.3 is 0 Å². The molecule has 7 nitrogen and oxygen atoms in total. The van der Waals surface area contributed by atoms with Crippen molar-refractivity contribution in [2.24, 2.45) is 17.6 Å². The molecule has 2 bridgehead atoms. The number of pyridine rings is 1. The van der Waals surface area contributed by atoms with Crippen LogP contribution in [0, 0.1) is 29.1 Å². The molecule has 2 amide bonds. The Morgan fingerprint density at radius 2 is 1.93 bits per heavy atom. The number of hydrogen-bond donors (Lipinski definition) is 1. The highest BCUT2D eigenvalue weighted by Crippen LogP contribution is 2.48. The number of nitrogens with zero attached hydrogens (tertiary/aromatic N) is 4. The summed E-state index contributed by atoms with van der Waals surface area (Å²) in [5.41, 5.74) is 6.72. The van der Waals surface area contributed by atoms with Crippen molar-refractivity contribution in [2.75, 3.05) is 0 Å². The van der Waals surface area contributed by atoms with Crippen molar-refractivity contribution in [1.29, 1.82) is 5.26 Å². The van der Waals surface area contributed by atoms with Crippen molar-refractivity contribution in [3.05, 3.63) is 29.8 Å². The van der Waals surface area contributed by atoms with Gasteiger partial charge in [0.25, 0.3) is 5.91 Å². The minimum Gasteiger partial charge on any atom is -0.333 e. The molecule has 5 unspecified atom stereocenters. The number of hydrogen-bond acceptors (Lipinski definition) is 5. The van der Waals surface area contributed by atoms with Gasteiger partial charge in [0.05, 0.1) is 12.1 Å². The number of fused-ring (bicyclic) bond motifs is 3. The lowest BCUT2D eigenvalue weighted by atomic mass is 9.84. The van der Waals surface area contributed by atoms with Crippen LogP contribution in [0.3, 0.4) is 0 Å². The Balaban J connectivity index is 1.29. The Bertz CT molecular complexity index is 887. The van der Waals surface area contributed by atoms with Gasteiger partial charge in [-0.15, -0.1) is 0 Å². The number of rotatable bonds is 3. The molecule has 0 aromatic carbocycles. The zero-order valence-electron chi connectivity index (χ0n) is 16.1. The number of piperidine rings is 2. The number of amides is 2. The third-order valence-corrected chi connectivity index (χ3v) is 7.28. The third-order valence-electron chi connectivity index (χ3n) is 7.28. The lowest BCUT2D eigenvalue weighted by Crippen LogP contribution is -2.55. The van der Waals surface area contributed by atoms with E-state index in [0.717, 1.165) is 25.7 Å². The van der Waals surface area contributed by atoms with Gasteiger partial charge in [0.1, 0.15) is 6.04 Å². The molecule has 0 spiro atoms. The van der Waals surface area contributed by atoms with Crippen molar-refractivity contribution < 1.29 is 14.0 Å². The zero-order valence-corrected chi connectivity index (χ0v) is 16.1. The molecular formula is C21H24FN5O2.